The molecule has 3 heterocycles. The first-order chi connectivity index (χ1) is 12.5. The molecule has 0 unspecified atom stereocenters. The fraction of sp³-hybridized carbons (Fsp3) is 0.316. The minimum absolute atomic E-state index is 0.0662. The second kappa shape index (κ2) is 6.61. The van der Waals surface area contributed by atoms with E-state index < -0.39 is 0 Å². The zero-order chi connectivity index (χ0) is 18.3. The second-order valence-electron chi connectivity index (χ2n) is 6.69. The predicted octanol–water partition coefficient (Wildman–Crippen LogP) is 3.04. The summed E-state index contributed by atoms with van der Waals surface area (Å²) in [5, 5.41) is 0.508. The SMILES string of the molecule is Cc1ccccc1N1CCN(C(=O)c2cn3cc(Cl)cnc3n2)[C@@H](C)C1. The molecule has 0 saturated carbocycles. The number of aryl methyl sites for hydroxylation is 1. The Morgan fingerprint density at radius 1 is 1.23 bits per heavy atom. The number of carbonyl (C=O) groups is 1. The summed E-state index contributed by atoms with van der Waals surface area (Å²) < 4.78 is 1.68. The zero-order valence-electron chi connectivity index (χ0n) is 14.8. The molecular formula is C19H20ClN5O. The van der Waals surface area contributed by atoms with Crippen molar-refractivity contribution in [1.29, 1.82) is 0 Å². The summed E-state index contributed by atoms with van der Waals surface area (Å²) in [6.45, 7) is 6.46. The lowest BCUT2D eigenvalue weighted by atomic mass is 10.1. The molecule has 0 N–H and O–H groups in total. The van der Waals surface area contributed by atoms with E-state index in [4.69, 9.17) is 11.6 Å². The fourth-order valence-corrected chi connectivity index (χ4v) is 3.66. The molecule has 0 aliphatic carbocycles. The molecule has 1 atom stereocenters. The average molecular weight is 370 g/mol. The second-order valence-corrected chi connectivity index (χ2v) is 7.12. The summed E-state index contributed by atoms with van der Waals surface area (Å²) in [5.41, 5.74) is 2.89. The number of piperazine rings is 1. The van der Waals surface area contributed by atoms with Gasteiger partial charge in [-0.25, -0.2) is 9.97 Å². The maximum Gasteiger partial charge on any atom is 0.274 e. The number of amides is 1. The van der Waals surface area contributed by atoms with E-state index in [9.17, 15) is 4.79 Å². The number of benzene rings is 1. The molecule has 6 nitrogen and oxygen atoms in total. The summed E-state index contributed by atoms with van der Waals surface area (Å²) in [5.74, 6) is 0.410. The maximum absolute atomic E-state index is 12.9. The number of halogens is 1. The van der Waals surface area contributed by atoms with Crippen molar-refractivity contribution in [2.24, 2.45) is 0 Å². The molecule has 26 heavy (non-hydrogen) atoms. The molecule has 0 radical (unpaired) electrons. The monoisotopic (exact) mass is 369 g/mol. The van der Waals surface area contributed by atoms with Crippen LogP contribution in [-0.4, -0.2) is 50.9 Å². The molecular weight excluding hydrogens is 350 g/mol. The van der Waals surface area contributed by atoms with E-state index in [0.29, 0.717) is 23.0 Å². The number of para-hydroxylation sites is 1. The van der Waals surface area contributed by atoms with Crippen molar-refractivity contribution in [3.63, 3.8) is 0 Å². The first-order valence-corrected chi connectivity index (χ1v) is 9.02. The highest BCUT2D eigenvalue weighted by atomic mass is 35.5. The Morgan fingerprint density at radius 2 is 2.04 bits per heavy atom. The van der Waals surface area contributed by atoms with Crippen molar-refractivity contribution >= 4 is 29.0 Å². The van der Waals surface area contributed by atoms with Crippen LogP contribution in [0.1, 0.15) is 23.0 Å². The third-order valence-electron chi connectivity index (χ3n) is 4.84. The summed E-state index contributed by atoms with van der Waals surface area (Å²) in [7, 11) is 0. The Bertz CT molecular complexity index is 969. The Labute approximate surface area is 157 Å². The van der Waals surface area contributed by atoms with Gasteiger partial charge in [0.1, 0.15) is 5.69 Å². The van der Waals surface area contributed by atoms with E-state index in [1.54, 1.807) is 16.8 Å². The minimum atomic E-state index is -0.0662. The summed E-state index contributed by atoms with van der Waals surface area (Å²) in [6.07, 6.45) is 4.92. The highest BCUT2D eigenvalue weighted by molar-refractivity contribution is 6.30. The number of hydrogen-bond donors (Lipinski definition) is 0. The van der Waals surface area contributed by atoms with Crippen LogP contribution in [0.4, 0.5) is 5.69 Å². The third kappa shape index (κ3) is 3.01. The van der Waals surface area contributed by atoms with Gasteiger partial charge in [-0.15, -0.1) is 0 Å². The van der Waals surface area contributed by atoms with Crippen molar-refractivity contribution in [3.8, 4) is 0 Å². The first kappa shape index (κ1) is 16.8. The van der Waals surface area contributed by atoms with Gasteiger partial charge in [0.2, 0.25) is 5.78 Å². The largest absolute Gasteiger partial charge is 0.367 e. The molecule has 0 spiro atoms. The minimum Gasteiger partial charge on any atom is -0.367 e. The molecule has 1 fully saturated rings. The number of hydrogen-bond acceptors (Lipinski definition) is 4. The molecule has 7 heteroatoms. The highest BCUT2D eigenvalue weighted by Gasteiger charge is 2.30. The number of nitrogens with zero attached hydrogens (tertiary/aromatic N) is 5. The van der Waals surface area contributed by atoms with E-state index >= 15 is 0 Å². The molecule has 1 aromatic carbocycles. The van der Waals surface area contributed by atoms with Crippen LogP contribution in [-0.2, 0) is 0 Å². The number of rotatable bonds is 2. The summed E-state index contributed by atoms with van der Waals surface area (Å²) in [6, 6.07) is 8.45. The molecule has 1 amide bonds. The van der Waals surface area contributed by atoms with Gasteiger partial charge in [-0.1, -0.05) is 29.8 Å². The number of fused-ring (bicyclic) bond motifs is 1. The van der Waals surface area contributed by atoms with Gasteiger partial charge < -0.3 is 9.80 Å². The quantitative estimate of drug-likeness (QED) is 0.696. The maximum atomic E-state index is 12.9. The van der Waals surface area contributed by atoms with Gasteiger partial charge in [0, 0.05) is 43.8 Å². The number of anilines is 1. The van der Waals surface area contributed by atoms with Crippen LogP contribution in [0.25, 0.3) is 5.78 Å². The lowest BCUT2D eigenvalue weighted by Gasteiger charge is -2.41. The van der Waals surface area contributed by atoms with Gasteiger partial charge in [0.25, 0.3) is 5.91 Å². The fourth-order valence-electron chi connectivity index (χ4n) is 3.51. The van der Waals surface area contributed by atoms with E-state index in [0.717, 1.165) is 13.1 Å². The zero-order valence-corrected chi connectivity index (χ0v) is 15.5. The van der Waals surface area contributed by atoms with Crippen molar-refractivity contribution in [1.82, 2.24) is 19.3 Å². The van der Waals surface area contributed by atoms with Crippen LogP contribution >= 0.6 is 11.6 Å². The van der Waals surface area contributed by atoms with Crippen molar-refractivity contribution in [2.75, 3.05) is 24.5 Å². The summed E-state index contributed by atoms with van der Waals surface area (Å²) >= 11 is 5.95. The van der Waals surface area contributed by atoms with Crippen LogP contribution in [0.15, 0.2) is 42.9 Å². The van der Waals surface area contributed by atoms with Gasteiger partial charge in [-0.2, -0.15) is 0 Å². The lowest BCUT2D eigenvalue weighted by Crippen LogP contribution is -2.54. The third-order valence-corrected chi connectivity index (χ3v) is 5.04. The van der Waals surface area contributed by atoms with E-state index in [1.807, 2.05) is 11.0 Å². The highest BCUT2D eigenvalue weighted by Crippen LogP contribution is 2.23. The van der Waals surface area contributed by atoms with Crippen LogP contribution < -0.4 is 4.90 Å². The molecule has 2 aromatic heterocycles. The molecule has 1 saturated heterocycles. The average Bonchev–Trinajstić information content (AvgIpc) is 3.04. The Kier molecular flexibility index (Phi) is 4.28. The standard InChI is InChI=1S/C19H20ClN5O/c1-13-5-3-4-6-17(13)23-7-8-25(14(2)10-23)18(26)16-12-24-11-15(20)9-21-19(24)22-16/h3-6,9,11-12,14H,7-8,10H2,1-2H3/t14-/m0/s1. The molecule has 4 rings (SSSR count). The van der Waals surface area contributed by atoms with E-state index in [1.165, 1.54) is 17.4 Å². The van der Waals surface area contributed by atoms with Gasteiger partial charge in [0.05, 0.1) is 11.2 Å². The van der Waals surface area contributed by atoms with Crippen LogP contribution in [0.3, 0.4) is 0 Å². The van der Waals surface area contributed by atoms with Crippen LogP contribution in [0.2, 0.25) is 5.02 Å². The van der Waals surface area contributed by atoms with Gasteiger partial charge in [-0.3, -0.25) is 9.20 Å². The van der Waals surface area contributed by atoms with E-state index in [2.05, 4.69) is 46.9 Å². The number of aromatic nitrogens is 3. The Hall–Kier alpha value is -2.60. The van der Waals surface area contributed by atoms with Crippen LogP contribution in [0, 0.1) is 6.92 Å². The Balaban J connectivity index is 1.53. The van der Waals surface area contributed by atoms with Gasteiger partial charge >= 0.3 is 0 Å². The van der Waals surface area contributed by atoms with Crippen LogP contribution in [0.5, 0.6) is 0 Å². The van der Waals surface area contributed by atoms with Crippen molar-refractivity contribution < 1.29 is 4.79 Å². The molecule has 134 valence electrons. The topological polar surface area (TPSA) is 53.7 Å². The first-order valence-electron chi connectivity index (χ1n) is 8.65. The van der Waals surface area contributed by atoms with Gasteiger partial charge in [0.15, 0.2) is 0 Å². The molecule has 1 aliphatic rings. The smallest absolute Gasteiger partial charge is 0.274 e. The predicted molar refractivity (Wildman–Crippen MR) is 102 cm³/mol. The van der Waals surface area contributed by atoms with Gasteiger partial charge in [-0.05, 0) is 25.5 Å². The van der Waals surface area contributed by atoms with Crippen molar-refractivity contribution in [2.45, 2.75) is 19.9 Å². The normalized spacial score (nSPS) is 17.7. The summed E-state index contributed by atoms with van der Waals surface area (Å²) in [4.78, 5) is 25.7. The molecule has 3 aromatic rings. The van der Waals surface area contributed by atoms with E-state index in [-0.39, 0.29) is 11.9 Å². The molecule has 0 bridgehead atoms. The Morgan fingerprint density at radius 3 is 2.81 bits per heavy atom. The number of carbonyl (C=O) groups excluding carboxylic acids is 1. The van der Waals surface area contributed by atoms with Crippen molar-refractivity contribution in [3.05, 3.63) is 59.1 Å². The lowest BCUT2D eigenvalue weighted by molar-refractivity contribution is 0.0668. The number of imidazole rings is 1. The molecule has 1 aliphatic heterocycles.